The van der Waals surface area contributed by atoms with Crippen LogP contribution in [-0.4, -0.2) is 0 Å². The second-order valence-corrected chi connectivity index (χ2v) is 3.33. The van der Waals surface area contributed by atoms with E-state index in [9.17, 15) is 0 Å². The smallest absolute Gasteiger partial charge is 0.0314 e. The molecule has 0 spiro atoms. The molecule has 0 saturated heterocycles. The number of allylic oxidation sites excluding steroid dienone is 11. The van der Waals surface area contributed by atoms with Gasteiger partial charge < -0.3 is 5.73 Å². The lowest BCUT2D eigenvalue weighted by atomic mass is 9.97. The third kappa shape index (κ3) is 1.94. The van der Waals surface area contributed by atoms with Crippen molar-refractivity contribution >= 4 is 0 Å². The van der Waals surface area contributed by atoms with Crippen molar-refractivity contribution in [3.8, 4) is 0 Å². The first-order valence-corrected chi connectivity index (χ1v) is 4.74. The number of rotatable bonds is 0. The van der Waals surface area contributed by atoms with Gasteiger partial charge in [-0.1, -0.05) is 42.5 Å². The van der Waals surface area contributed by atoms with Crippen LogP contribution in [0, 0.1) is 0 Å². The molecule has 0 amide bonds. The minimum atomic E-state index is 0.784. The molecule has 1 heteroatoms. The highest BCUT2D eigenvalue weighted by Crippen LogP contribution is 2.21. The summed E-state index contributed by atoms with van der Waals surface area (Å²) in [6, 6.07) is 0. The van der Waals surface area contributed by atoms with E-state index in [-0.39, 0.29) is 0 Å². The summed E-state index contributed by atoms with van der Waals surface area (Å²) in [7, 11) is 0. The van der Waals surface area contributed by atoms with Gasteiger partial charge in [-0.15, -0.1) is 0 Å². The van der Waals surface area contributed by atoms with E-state index in [1.54, 1.807) is 0 Å². The fourth-order valence-corrected chi connectivity index (χ4v) is 1.50. The van der Waals surface area contributed by atoms with Crippen molar-refractivity contribution in [3.63, 3.8) is 0 Å². The maximum Gasteiger partial charge on any atom is 0.0314 e. The van der Waals surface area contributed by atoms with Gasteiger partial charge in [-0.05, 0) is 29.7 Å². The highest BCUT2D eigenvalue weighted by molar-refractivity contribution is 5.49. The van der Waals surface area contributed by atoms with Gasteiger partial charge in [0, 0.05) is 5.70 Å². The fourth-order valence-electron chi connectivity index (χ4n) is 1.50. The molecule has 2 N–H and O–H groups in total. The Morgan fingerprint density at radius 1 is 0.929 bits per heavy atom. The summed E-state index contributed by atoms with van der Waals surface area (Å²) in [5.74, 6) is 0. The monoisotopic (exact) mass is 183 g/mol. The number of fused-ring (bicyclic) bond motifs is 1. The minimum absolute atomic E-state index is 0.784. The molecule has 0 radical (unpaired) electrons. The molecule has 0 bridgehead atoms. The van der Waals surface area contributed by atoms with Gasteiger partial charge in [-0.2, -0.15) is 0 Å². The maximum absolute atomic E-state index is 5.75. The van der Waals surface area contributed by atoms with Gasteiger partial charge in [-0.3, -0.25) is 0 Å². The van der Waals surface area contributed by atoms with Crippen molar-refractivity contribution < 1.29 is 0 Å². The van der Waals surface area contributed by atoms with Crippen LogP contribution in [0.4, 0.5) is 0 Å². The molecule has 2 aliphatic rings. The van der Waals surface area contributed by atoms with E-state index in [4.69, 9.17) is 5.73 Å². The van der Waals surface area contributed by atoms with Crippen LogP contribution in [0.5, 0.6) is 0 Å². The number of hydrogen-bond donors (Lipinski definition) is 1. The van der Waals surface area contributed by atoms with Crippen LogP contribution < -0.4 is 5.73 Å². The van der Waals surface area contributed by atoms with Crippen LogP contribution in [0.3, 0.4) is 0 Å². The van der Waals surface area contributed by atoms with Gasteiger partial charge in [0.25, 0.3) is 0 Å². The fraction of sp³-hybridized carbons (Fsp3) is 0.0769. The van der Waals surface area contributed by atoms with Crippen molar-refractivity contribution in [1.29, 1.82) is 0 Å². The third-order valence-electron chi connectivity index (χ3n) is 2.27. The summed E-state index contributed by atoms with van der Waals surface area (Å²) in [5, 5.41) is 0. The van der Waals surface area contributed by atoms with E-state index in [0.717, 1.165) is 12.1 Å². The average Bonchev–Trinajstić information content (AvgIpc) is 2.30. The summed E-state index contributed by atoms with van der Waals surface area (Å²) in [6.07, 6.45) is 19.4. The van der Waals surface area contributed by atoms with Gasteiger partial charge in [0.1, 0.15) is 0 Å². The summed E-state index contributed by atoms with van der Waals surface area (Å²) >= 11 is 0. The van der Waals surface area contributed by atoms with Crippen molar-refractivity contribution in [2.24, 2.45) is 5.73 Å². The quantitative estimate of drug-likeness (QED) is 0.614. The van der Waals surface area contributed by atoms with Crippen LogP contribution in [0.25, 0.3) is 0 Å². The first-order chi connectivity index (χ1) is 6.86. The maximum atomic E-state index is 5.75. The first-order valence-electron chi connectivity index (χ1n) is 4.74. The van der Waals surface area contributed by atoms with E-state index >= 15 is 0 Å². The Labute approximate surface area is 84.3 Å². The average molecular weight is 183 g/mol. The molecular formula is C13H13N. The van der Waals surface area contributed by atoms with Crippen LogP contribution in [0.15, 0.2) is 71.5 Å². The summed E-state index contributed by atoms with van der Waals surface area (Å²) < 4.78 is 0. The molecule has 0 unspecified atom stereocenters. The first kappa shape index (κ1) is 8.82. The zero-order valence-electron chi connectivity index (χ0n) is 7.98. The van der Waals surface area contributed by atoms with Crippen LogP contribution >= 0.6 is 0 Å². The highest BCUT2D eigenvalue weighted by atomic mass is 14.5. The van der Waals surface area contributed by atoms with Crippen molar-refractivity contribution in [3.05, 3.63) is 71.5 Å². The molecule has 2 rings (SSSR count). The highest BCUT2D eigenvalue weighted by Gasteiger charge is 2.02. The second-order valence-electron chi connectivity index (χ2n) is 3.33. The molecule has 70 valence electrons. The SMILES string of the molecule is NC1=C/C=C\C=C2\CC=CC=C2/C=C\1. The Hall–Kier alpha value is -1.76. The van der Waals surface area contributed by atoms with E-state index in [2.05, 4.69) is 30.4 Å². The van der Waals surface area contributed by atoms with Crippen molar-refractivity contribution in [1.82, 2.24) is 0 Å². The van der Waals surface area contributed by atoms with Crippen LogP contribution in [-0.2, 0) is 0 Å². The molecule has 0 atom stereocenters. The molecule has 1 nitrogen and oxygen atoms in total. The summed E-state index contributed by atoms with van der Waals surface area (Å²) in [4.78, 5) is 0. The molecule has 2 aliphatic carbocycles. The Morgan fingerprint density at radius 3 is 2.71 bits per heavy atom. The van der Waals surface area contributed by atoms with Crippen molar-refractivity contribution in [2.45, 2.75) is 6.42 Å². The zero-order chi connectivity index (χ0) is 9.80. The summed E-state index contributed by atoms with van der Waals surface area (Å²) in [6.45, 7) is 0. The van der Waals surface area contributed by atoms with E-state index in [1.165, 1.54) is 11.1 Å². The van der Waals surface area contributed by atoms with Gasteiger partial charge >= 0.3 is 0 Å². The number of hydrogen-bond acceptors (Lipinski definition) is 1. The molecule has 0 aromatic rings. The van der Waals surface area contributed by atoms with Crippen molar-refractivity contribution in [2.75, 3.05) is 0 Å². The number of nitrogens with two attached hydrogens (primary N) is 1. The third-order valence-corrected chi connectivity index (χ3v) is 2.27. The largest absolute Gasteiger partial charge is 0.399 e. The van der Waals surface area contributed by atoms with Gasteiger partial charge in [0.15, 0.2) is 0 Å². The van der Waals surface area contributed by atoms with E-state index < -0.39 is 0 Å². The molecule has 0 aliphatic heterocycles. The Balaban J connectivity index is 2.40. The van der Waals surface area contributed by atoms with Gasteiger partial charge in [0.05, 0.1) is 0 Å². The molecule has 0 saturated carbocycles. The Kier molecular flexibility index (Phi) is 2.50. The van der Waals surface area contributed by atoms with E-state index in [1.807, 2.05) is 24.3 Å². The van der Waals surface area contributed by atoms with Crippen LogP contribution in [0.2, 0.25) is 0 Å². The van der Waals surface area contributed by atoms with Crippen LogP contribution in [0.1, 0.15) is 6.42 Å². The topological polar surface area (TPSA) is 26.0 Å². The second kappa shape index (κ2) is 3.97. The lowest BCUT2D eigenvalue weighted by Crippen LogP contribution is -1.93. The minimum Gasteiger partial charge on any atom is -0.399 e. The lowest BCUT2D eigenvalue weighted by Gasteiger charge is -2.08. The summed E-state index contributed by atoms with van der Waals surface area (Å²) in [5.41, 5.74) is 9.12. The molecule has 0 heterocycles. The molecule has 0 aromatic heterocycles. The van der Waals surface area contributed by atoms with Gasteiger partial charge in [-0.25, -0.2) is 0 Å². The Bertz CT molecular complexity index is 401. The molecule has 0 aromatic carbocycles. The molecular weight excluding hydrogens is 170 g/mol. The standard InChI is InChI=1S/C13H13N/c14-13-8-4-3-6-11-5-1-2-7-12(11)9-10-13/h1-4,6-10H,5,14H2/b4-3-,10-9-,11-6-,13-8+. The van der Waals surface area contributed by atoms with E-state index in [0.29, 0.717) is 0 Å². The zero-order valence-corrected chi connectivity index (χ0v) is 7.98. The van der Waals surface area contributed by atoms with Gasteiger partial charge in [0.2, 0.25) is 0 Å². The normalized spacial score (nSPS) is 31.9. The predicted octanol–water partition coefficient (Wildman–Crippen LogP) is 2.77. The molecule has 14 heavy (non-hydrogen) atoms. The lowest BCUT2D eigenvalue weighted by molar-refractivity contribution is 1.22. The predicted molar refractivity (Wildman–Crippen MR) is 60.5 cm³/mol. The Morgan fingerprint density at radius 2 is 1.79 bits per heavy atom. The molecule has 0 fully saturated rings.